The molecule has 7 heteroatoms. The van der Waals surface area contributed by atoms with E-state index in [-0.39, 0.29) is 24.3 Å². The van der Waals surface area contributed by atoms with E-state index >= 15 is 0 Å². The molecule has 0 heterocycles. The second-order valence-corrected chi connectivity index (χ2v) is 6.72. The van der Waals surface area contributed by atoms with Crippen molar-refractivity contribution in [2.75, 3.05) is 18.5 Å². The molecule has 2 N–H and O–H groups in total. The number of anilines is 1. The van der Waals surface area contributed by atoms with Gasteiger partial charge in [0, 0.05) is 15.7 Å². The Morgan fingerprint density at radius 1 is 0.963 bits per heavy atom. The van der Waals surface area contributed by atoms with Gasteiger partial charge in [-0.15, -0.1) is 0 Å². The zero-order valence-electron chi connectivity index (χ0n) is 15.0. The molecule has 0 aliphatic rings. The number of halogens is 1. The van der Waals surface area contributed by atoms with E-state index in [1.807, 2.05) is 6.92 Å². The number of ether oxygens (including phenoxy) is 1. The molecular formula is C20H21BrN2O4. The Labute approximate surface area is 166 Å². The molecule has 0 atom stereocenters. The number of carbonyl (C=O) groups excluding carboxylic acids is 3. The molecule has 0 aromatic heterocycles. The fourth-order valence-corrected chi connectivity index (χ4v) is 2.42. The third-order valence-corrected chi connectivity index (χ3v) is 4.18. The van der Waals surface area contributed by atoms with Crippen molar-refractivity contribution in [3.05, 3.63) is 64.1 Å². The molecule has 0 aliphatic heterocycles. The average molecular weight is 433 g/mol. The number of esters is 1. The van der Waals surface area contributed by atoms with Gasteiger partial charge in [-0.3, -0.25) is 9.59 Å². The quantitative estimate of drug-likeness (QED) is 0.490. The van der Waals surface area contributed by atoms with Gasteiger partial charge in [0.25, 0.3) is 5.91 Å². The number of hydrogen-bond acceptors (Lipinski definition) is 4. The predicted octanol–water partition coefficient (Wildman–Crippen LogP) is 3.77. The van der Waals surface area contributed by atoms with E-state index in [1.165, 1.54) is 0 Å². The lowest BCUT2D eigenvalue weighted by Gasteiger charge is -2.08. The minimum absolute atomic E-state index is 0.157. The molecule has 0 unspecified atom stereocenters. The van der Waals surface area contributed by atoms with Gasteiger partial charge in [0.2, 0.25) is 5.91 Å². The molecule has 0 fully saturated rings. The van der Waals surface area contributed by atoms with E-state index in [0.29, 0.717) is 23.4 Å². The van der Waals surface area contributed by atoms with Crippen molar-refractivity contribution in [1.29, 1.82) is 0 Å². The van der Waals surface area contributed by atoms with Crippen LogP contribution in [0.5, 0.6) is 0 Å². The van der Waals surface area contributed by atoms with Crippen molar-refractivity contribution in [3.8, 4) is 0 Å². The molecule has 142 valence electrons. The number of unbranched alkanes of at least 4 members (excludes halogenated alkanes) is 1. The summed E-state index contributed by atoms with van der Waals surface area (Å²) >= 11 is 3.30. The lowest BCUT2D eigenvalue weighted by atomic mass is 10.2. The Morgan fingerprint density at radius 3 is 2.22 bits per heavy atom. The number of benzene rings is 2. The summed E-state index contributed by atoms with van der Waals surface area (Å²) < 4.78 is 6.00. The second kappa shape index (κ2) is 10.5. The van der Waals surface area contributed by atoms with Gasteiger partial charge in [0.15, 0.2) is 0 Å². The van der Waals surface area contributed by atoms with Gasteiger partial charge >= 0.3 is 5.97 Å². The molecule has 0 radical (unpaired) electrons. The molecule has 0 bridgehead atoms. The van der Waals surface area contributed by atoms with E-state index in [9.17, 15) is 14.4 Å². The molecule has 2 amide bonds. The largest absolute Gasteiger partial charge is 0.462 e. The smallest absolute Gasteiger partial charge is 0.338 e. The summed E-state index contributed by atoms with van der Waals surface area (Å²) in [6, 6.07) is 13.2. The molecule has 0 aliphatic carbocycles. The first-order valence-electron chi connectivity index (χ1n) is 8.60. The van der Waals surface area contributed by atoms with Gasteiger partial charge in [0.05, 0.1) is 18.7 Å². The molecule has 6 nitrogen and oxygen atoms in total. The van der Waals surface area contributed by atoms with Crippen molar-refractivity contribution in [1.82, 2.24) is 5.32 Å². The lowest BCUT2D eigenvalue weighted by molar-refractivity contribution is -0.115. The third-order valence-electron chi connectivity index (χ3n) is 3.65. The van der Waals surface area contributed by atoms with Crippen molar-refractivity contribution in [2.45, 2.75) is 19.8 Å². The zero-order valence-corrected chi connectivity index (χ0v) is 16.5. The first-order chi connectivity index (χ1) is 13.0. The van der Waals surface area contributed by atoms with Gasteiger partial charge < -0.3 is 15.4 Å². The SMILES string of the molecule is CCCCOC(=O)c1ccc(NC(=O)CNC(=O)c2ccc(Br)cc2)cc1. The molecule has 0 saturated carbocycles. The Morgan fingerprint density at radius 2 is 1.59 bits per heavy atom. The monoisotopic (exact) mass is 432 g/mol. The number of hydrogen-bond donors (Lipinski definition) is 2. The normalized spacial score (nSPS) is 10.1. The van der Waals surface area contributed by atoms with Gasteiger partial charge in [-0.25, -0.2) is 4.79 Å². The van der Waals surface area contributed by atoms with E-state index in [0.717, 1.165) is 17.3 Å². The van der Waals surface area contributed by atoms with Crippen LogP contribution < -0.4 is 10.6 Å². The van der Waals surface area contributed by atoms with Crippen LogP contribution in [-0.2, 0) is 9.53 Å². The fourth-order valence-electron chi connectivity index (χ4n) is 2.15. The van der Waals surface area contributed by atoms with Gasteiger partial charge in [-0.05, 0) is 55.0 Å². The van der Waals surface area contributed by atoms with Crippen LogP contribution in [0.2, 0.25) is 0 Å². The minimum atomic E-state index is -0.386. The maximum Gasteiger partial charge on any atom is 0.338 e. The highest BCUT2D eigenvalue weighted by molar-refractivity contribution is 9.10. The summed E-state index contributed by atoms with van der Waals surface area (Å²) in [7, 11) is 0. The summed E-state index contributed by atoms with van der Waals surface area (Å²) in [6.07, 6.45) is 1.78. The highest BCUT2D eigenvalue weighted by atomic mass is 79.9. The van der Waals surface area contributed by atoms with Crippen LogP contribution in [0.15, 0.2) is 53.0 Å². The molecule has 2 aromatic rings. The Kier molecular flexibility index (Phi) is 8.00. The lowest BCUT2D eigenvalue weighted by Crippen LogP contribution is -2.32. The van der Waals surface area contributed by atoms with Crippen LogP contribution in [0.25, 0.3) is 0 Å². The molecule has 2 aromatic carbocycles. The molecule has 0 saturated heterocycles. The minimum Gasteiger partial charge on any atom is -0.462 e. The van der Waals surface area contributed by atoms with E-state index in [2.05, 4.69) is 26.6 Å². The van der Waals surface area contributed by atoms with Crippen molar-refractivity contribution >= 4 is 39.4 Å². The number of carbonyl (C=O) groups is 3. The first-order valence-corrected chi connectivity index (χ1v) is 9.39. The van der Waals surface area contributed by atoms with E-state index in [1.54, 1.807) is 48.5 Å². The van der Waals surface area contributed by atoms with Crippen molar-refractivity contribution in [2.24, 2.45) is 0 Å². The van der Waals surface area contributed by atoms with Crippen LogP contribution in [0.4, 0.5) is 5.69 Å². The topological polar surface area (TPSA) is 84.5 Å². The highest BCUT2D eigenvalue weighted by Gasteiger charge is 2.10. The van der Waals surface area contributed by atoms with Crippen LogP contribution in [-0.4, -0.2) is 30.9 Å². The zero-order chi connectivity index (χ0) is 19.6. The Balaban J connectivity index is 1.80. The van der Waals surface area contributed by atoms with Crippen molar-refractivity contribution in [3.63, 3.8) is 0 Å². The van der Waals surface area contributed by atoms with Gasteiger partial charge in [-0.2, -0.15) is 0 Å². The summed E-state index contributed by atoms with van der Waals surface area (Å²) in [5.74, 6) is -1.08. The van der Waals surface area contributed by atoms with E-state index < -0.39 is 0 Å². The number of nitrogens with one attached hydrogen (secondary N) is 2. The van der Waals surface area contributed by atoms with Crippen LogP contribution in [0.1, 0.15) is 40.5 Å². The number of rotatable bonds is 8. The Bertz CT molecular complexity index is 789. The van der Waals surface area contributed by atoms with E-state index in [4.69, 9.17) is 4.74 Å². The maximum atomic E-state index is 12.0. The van der Waals surface area contributed by atoms with Crippen LogP contribution in [0, 0.1) is 0 Å². The summed E-state index contributed by atoms with van der Waals surface area (Å²) in [4.78, 5) is 35.8. The summed E-state index contributed by atoms with van der Waals surface area (Å²) in [5, 5.41) is 5.22. The number of amides is 2. The van der Waals surface area contributed by atoms with Crippen LogP contribution >= 0.6 is 15.9 Å². The molecular weight excluding hydrogens is 412 g/mol. The van der Waals surface area contributed by atoms with Gasteiger partial charge in [-0.1, -0.05) is 29.3 Å². The average Bonchev–Trinajstić information content (AvgIpc) is 2.67. The van der Waals surface area contributed by atoms with Crippen molar-refractivity contribution < 1.29 is 19.1 Å². The summed E-state index contributed by atoms with van der Waals surface area (Å²) in [5.41, 5.74) is 1.42. The molecule has 2 rings (SSSR count). The Hall–Kier alpha value is -2.67. The molecule has 27 heavy (non-hydrogen) atoms. The third kappa shape index (κ3) is 6.86. The molecule has 0 spiro atoms. The van der Waals surface area contributed by atoms with Gasteiger partial charge in [0.1, 0.15) is 0 Å². The standard InChI is InChI=1S/C20H21BrN2O4/c1-2-3-12-27-20(26)15-6-10-17(11-7-15)23-18(24)13-22-19(25)14-4-8-16(21)9-5-14/h4-11H,2-3,12-13H2,1H3,(H,22,25)(H,23,24). The van der Waals surface area contributed by atoms with Crippen LogP contribution in [0.3, 0.4) is 0 Å². The second-order valence-electron chi connectivity index (χ2n) is 5.80. The maximum absolute atomic E-state index is 12.0. The fraction of sp³-hybridized carbons (Fsp3) is 0.250. The predicted molar refractivity (Wildman–Crippen MR) is 107 cm³/mol. The summed E-state index contributed by atoms with van der Waals surface area (Å²) in [6.45, 7) is 2.26. The highest BCUT2D eigenvalue weighted by Crippen LogP contribution is 2.12. The first kappa shape index (κ1) is 20.6.